The van der Waals surface area contributed by atoms with Crippen LogP contribution in [-0.2, 0) is 42.2 Å². The number of fused-ring (bicyclic) bond motifs is 1. The van der Waals surface area contributed by atoms with Gasteiger partial charge in [-0.1, -0.05) is 0 Å². The van der Waals surface area contributed by atoms with Gasteiger partial charge in [0, 0.05) is 45.8 Å². The Balaban J connectivity index is 0.00000162. The van der Waals surface area contributed by atoms with Crippen LogP contribution in [0, 0.1) is 11.8 Å². The third-order valence-corrected chi connectivity index (χ3v) is 3.27. The van der Waals surface area contributed by atoms with Crippen LogP contribution in [0.2, 0.25) is 0 Å². The van der Waals surface area contributed by atoms with Gasteiger partial charge in [0.15, 0.2) is 0 Å². The molecule has 2 saturated heterocycles. The molecule has 99 valence electrons. The Hall–Kier alpha value is -0.156. The second-order valence-electron chi connectivity index (χ2n) is 5.90. The molecule has 0 saturated carbocycles. The number of nitrogens with zero attached hydrogens (tertiary/aromatic N) is 2. The molecule has 0 spiro atoms. The zero-order valence-electron chi connectivity index (χ0n) is 11.2. The molecular weight excluding hydrogens is 309 g/mol. The Labute approximate surface area is 133 Å². The predicted octanol–water partition coefficient (Wildman–Crippen LogP) is 0.850. The third-order valence-electron chi connectivity index (χ3n) is 3.27. The van der Waals surface area contributed by atoms with E-state index in [1.165, 1.54) is 0 Å². The first-order valence-electron chi connectivity index (χ1n) is 5.99. The largest absolute Gasteiger partial charge is 0.520 e. The summed E-state index contributed by atoms with van der Waals surface area (Å²) in [4.78, 5) is 25.8. The summed E-state index contributed by atoms with van der Waals surface area (Å²) < 4.78 is 5.34. The second kappa shape index (κ2) is 5.87. The van der Waals surface area contributed by atoms with Crippen molar-refractivity contribution in [3.05, 3.63) is 0 Å². The van der Waals surface area contributed by atoms with E-state index in [2.05, 4.69) is 0 Å². The van der Waals surface area contributed by atoms with Crippen molar-refractivity contribution < 1.29 is 47.0 Å². The van der Waals surface area contributed by atoms with Gasteiger partial charge in [-0.3, -0.25) is 0 Å². The van der Waals surface area contributed by atoms with E-state index < -0.39 is 5.60 Å². The van der Waals surface area contributed by atoms with E-state index in [4.69, 9.17) is 4.74 Å². The smallest absolute Gasteiger partial charge is 0.410 e. The first-order valence-corrected chi connectivity index (χ1v) is 5.99. The number of carbonyl (C=O) groups is 1. The molecule has 18 heavy (non-hydrogen) atoms. The van der Waals surface area contributed by atoms with Gasteiger partial charge in [0.1, 0.15) is 5.60 Å². The molecule has 0 aromatic heterocycles. The van der Waals surface area contributed by atoms with Crippen molar-refractivity contribution in [3.8, 4) is 0 Å². The number of likely N-dealkylation sites (tertiary alicyclic amines) is 2. The molecule has 0 N–H and O–H groups in total. The van der Waals surface area contributed by atoms with Crippen LogP contribution < -0.4 is 0 Å². The molecule has 0 bridgehead atoms. The maximum atomic E-state index is 11.9. The third kappa shape index (κ3) is 3.67. The van der Waals surface area contributed by atoms with E-state index in [9.17, 15) is 9.59 Å². The van der Waals surface area contributed by atoms with Crippen LogP contribution in [0.5, 0.6) is 0 Å². The molecular formula is C12H19N2O3Y-. The van der Waals surface area contributed by atoms with Gasteiger partial charge in [0.2, 0.25) is 0 Å². The number of rotatable bonds is 1. The number of carbonyl (C=O) groups excluding carboxylic acids is 2. The molecule has 0 aromatic rings. The van der Waals surface area contributed by atoms with E-state index in [1.807, 2.05) is 27.2 Å². The monoisotopic (exact) mass is 328 g/mol. The summed E-state index contributed by atoms with van der Waals surface area (Å²) >= 11 is 0. The zero-order valence-corrected chi connectivity index (χ0v) is 14.0. The van der Waals surface area contributed by atoms with Crippen LogP contribution in [0.15, 0.2) is 0 Å². The quantitative estimate of drug-likeness (QED) is 0.671. The Morgan fingerprint density at radius 1 is 1.17 bits per heavy atom. The Kier molecular flexibility index (Phi) is 5.18. The number of ether oxygens (including phenoxy) is 1. The van der Waals surface area contributed by atoms with Gasteiger partial charge in [-0.25, -0.2) is 4.79 Å². The van der Waals surface area contributed by atoms with Crippen molar-refractivity contribution in [1.82, 2.24) is 9.80 Å². The number of amides is 2. The van der Waals surface area contributed by atoms with Crippen molar-refractivity contribution in [2.75, 3.05) is 26.2 Å². The Morgan fingerprint density at radius 3 is 2.06 bits per heavy atom. The minimum absolute atomic E-state index is 0. The topological polar surface area (TPSA) is 49.9 Å². The van der Waals surface area contributed by atoms with E-state index in [1.54, 1.807) is 9.80 Å². The van der Waals surface area contributed by atoms with Crippen molar-refractivity contribution in [2.24, 2.45) is 11.8 Å². The van der Waals surface area contributed by atoms with E-state index in [0.717, 1.165) is 0 Å². The average Bonchev–Trinajstić information content (AvgIpc) is 2.70. The van der Waals surface area contributed by atoms with Crippen LogP contribution >= 0.6 is 0 Å². The van der Waals surface area contributed by atoms with Gasteiger partial charge in [-0.15, -0.1) is 0 Å². The normalized spacial score (nSPS) is 26.6. The fourth-order valence-electron chi connectivity index (χ4n) is 2.54. The molecule has 1 radical (unpaired) electrons. The summed E-state index contributed by atoms with van der Waals surface area (Å²) in [5, 5.41) is 0. The van der Waals surface area contributed by atoms with Gasteiger partial charge >= 0.3 is 6.09 Å². The second-order valence-corrected chi connectivity index (χ2v) is 5.90. The van der Waals surface area contributed by atoms with Crippen LogP contribution in [0.3, 0.4) is 0 Å². The molecule has 2 atom stereocenters. The summed E-state index contributed by atoms with van der Waals surface area (Å²) in [5.74, 6) is 0.785. The van der Waals surface area contributed by atoms with Crippen molar-refractivity contribution >= 4 is 12.5 Å². The summed E-state index contributed by atoms with van der Waals surface area (Å²) in [6.07, 6.45) is 1.68. The van der Waals surface area contributed by atoms with Gasteiger partial charge in [0.05, 0.1) is 0 Å². The number of hydrogen-bond acceptors (Lipinski definition) is 3. The minimum Gasteiger partial charge on any atom is -0.520 e. The van der Waals surface area contributed by atoms with Gasteiger partial charge in [-0.05, 0) is 45.7 Å². The molecule has 0 aromatic carbocycles. The van der Waals surface area contributed by atoms with Crippen LogP contribution in [0.1, 0.15) is 20.8 Å². The van der Waals surface area contributed by atoms with Gasteiger partial charge in [-0.2, -0.15) is 6.41 Å². The molecule has 2 unspecified atom stereocenters. The van der Waals surface area contributed by atoms with Crippen molar-refractivity contribution in [2.45, 2.75) is 26.4 Å². The van der Waals surface area contributed by atoms with Crippen LogP contribution in [0.4, 0.5) is 4.79 Å². The predicted molar refractivity (Wildman–Crippen MR) is 62.1 cm³/mol. The molecule has 2 amide bonds. The number of hydrogen-bond donors (Lipinski definition) is 0. The maximum absolute atomic E-state index is 11.9. The van der Waals surface area contributed by atoms with Crippen molar-refractivity contribution in [1.29, 1.82) is 0 Å². The van der Waals surface area contributed by atoms with Gasteiger partial charge in [0.25, 0.3) is 0 Å². The molecule has 2 heterocycles. The fraction of sp³-hybridized carbons (Fsp3) is 0.833. The molecule has 0 aliphatic carbocycles. The SMILES string of the molecule is CC(C)(C)OC(=O)N1CC2CN([C-]=O)CC2C1.[Y]. The summed E-state index contributed by atoms with van der Waals surface area (Å²) in [7, 11) is 0. The molecule has 5 nitrogen and oxygen atoms in total. The Morgan fingerprint density at radius 2 is 1.67 bits per heavy atom. The molecule has 2 rings (SSSR count). The first kappa shape index (κ1) is 15.9. The maximum Gasteiger partial charge on any atom is 0.410 e. The molecule has 2 fully saturated rings. The average molecular weight is 328 g/mol. The van der Waals surface area contributed by atoms with Crippen LogP contribution in [-0.4, -0.2) is 54.1 Å². The van der Waals surface area contributed by atoms with E-state index in [0.29, 0.717) is 38.0 Å². The molecule has 2 aliphatic rings. The van der Waals surface area contributed by atoms with Crippen molar-refractivity contribution in [3.63, 3.8) is 0 Å². The van der Waals surface area contributed by atoms with Gasteiger partial charge < -0.3 is 19.3 Å². The summed E-state index contributed by atoms with van der Waals surface area (Å²) in [6, 6.07) is 0. The fourth-order valence-corrected chi connectivity index (χ4v) is 2.54. The standard InChI is InChI=1S/C12H19N2O3.Y/c1-12(2,3)17-11(16)14-6-9-4-13(8-15)5-10(9)7-14;/h9-10H,4-7H2,1-3H3;/q-1;. The van der Waals surface area contributed by atoms with E-state index in [-0.39, 0.29) is 38.8 Å². The minimum atomic E-state index is -0.447. The van der Waals surface area contributed by atoms with Crippen LogP contribution in [0.25, 0.3) is 0 Å². The molecule has 2 aliphatic heterocycles. The summed E-state index contributed by atoms with van der Waals surface area (Å²) in [6.45, 7) is 8.41. The Bertz CT molecular complexity index is 316. The first-order chi connectivity index (χ1) is 7.89. The summed E-state index contributed by atoms with van der Waals surface area (Å²) in [5.41, 5.74) is -0.447. The zero-order chi connectivity index (χ0) is 12.6. The van der Waals surface area contributed by atoms with E-state index >= 15 is 0 Å². The molecule has 6 heteroatoms.